The Hall–Kier alpha value is -1.05. The van der Waals surface area contributed by atoms with Crippen LogP contribution in [0.3, 0.4) is 0 Å². The third-order valence-electron chi connectivity index (χ3n) is 3.37. The lowest BCUT2D eigenvalue weighted by Crippen LogP contribution is -2.34. The van der Waals surface area contributed by atoms with E-state index < -0.39 is 9.84 Å². The molecule has 0 spiro atoms. The molecule has 7 heteroatoms. The number of sulfone groups is 1. The molecule has 0 unspecified atom stereocenters. The Morgan fingerprint density at radius 1 is 1.42 bits per heavy atom. The fourth-order valence-electron chi connectivity index (χ4n) is 2.15. The SMILES string of the molecule is CC1(CS(=O)(=O)c2nccc(CO)n2)CCOCC1. The molecule has 6 nitrogen and oxygen atoms in total. The zero-order valence-electron chi connectivity index (χ0n) is 10.9. The maximum Gasteiger partial charge on any atom is 0.247 e. The minimum Gasteiger partial charge on any atom is -0.390 e. The highest BCUT2D eigenvalue weighted by Gasteiger charge is 2.34. The molecule has 1 aliphatic heterocycles. The molecule has 0 aliphatic carbocycles. The Kier molecular flexibility index (Phi) is 4.17. The normalized spacial score (nSPS) is 19.3. The lowest BCUT2D eigenvalue weighted by atomic mass is 9.85. The molecule has 1 saturated heterocycles. The van der Waals surface area contributed by atoms with Gasteiger partial charge in [-0.1, -0.05) is 6.92 Å². The van der Waals surface area contributed by atoms with Crippen LogP contribution in [0.4, 0.5) is 0 Å². The molecule has 0 radical (unpaired) electrons. The highest BCUT2D eigenvalue weighted by Crippen LogP contribution is 2.32. The van der Waals surface area contributed by atoms with Crippen LogP contribution in [0.5, 0.6) is 0 Å². The van der Waals surface area contributed by atoms with Crippen molar-refractivity contribution in [2.45, 2.75) is 31.5 Å². The summed E-state index contributed by atoms with van der Waals surface area (Å²) in [7, 11) is -3.54. The van der Waals surface area contributed by atoms with Crippen molar-refractivity contribution in [2.24, 2.45) is 5.41 Å². The molecular formula is C12H18N2O4S. The second-order valence-electron chi connectivity index (χ2n) is 5.17. The maximum absolute atomic E-state index is 12.3. The van der Waals surface area contributed by atoms with Crippen molar-refractivity contribution in [1.29, 1.82) is 0 Å². The molecule has 1 fully saturated rings. The van der Waals surface area contributed by atoms with Gasteiger partial charge in [-0.2, -0.15) is 0 Å². The number of hydrogen-bond acceptors (Lipinski definition) is 6. The van der Waals surface area contributed by atoms with Crippen LogP contribution in [0.25, 0.3) is 0 Å². The van der Waals surface area contributed by atoms with Gasteiger partial charge in [0.25, 0.3) is 0 Å². The molecule has 1 N–H and O–H groups in total. The number of hydrogen-bond donors (Lipinski definition) is 1. The van der Waals surface area contributed by atoms with Crippen LogP contribution in [0.2, 0.25) is 0 Å². The Labute approximate surface area is 112 Å². The molecule has 106 valence electrons. The van der Waals surface area contributed by atoms with E-state index in [1.165, 1.54) is 12.3 Å². The Morgan fingerprint density at radius 3 is 2.74 bits per heavy atom. The van der Waals surface area contributed by atoms with Crippen molar-refractivity contribution in [2.75, 3.05) is 19.0 Å². The summed E-state index contributed by atoms with van der Waals surface area (Å²) in [6.07, 6.45) is 2.79. The summed E-state index contributed by atoms with van der Waals surface area (Å²) in [5.74, 6) is 0.0121. The van der Waals surface area contributed by atoms with Gasteiger partial charge in [0.1, 0.15) is 0 Å². The number of aromatic nitrogens is 2. The van der Waals surface area contributed by atoms with Crippen molar-refractivity contribution in [3.8, 4) is 0 Å². The molecule has 1 aromatic rings. The summed E-state index contributed by atoms with van der Waals surface area (Å²) in [5.41, 5.74) is 0.0149. The second-order valence-corrected chi connectivity index (χ2v) is 7.05. The highest BCUT2D eigenvalue weighted by molar-refractivity contribution is 7.91. The molecule has 0 atom stereocenters. The minimum absolute atomic E-state index is 0.0121. The molecule has 2 rings (SSSR count). The van der Waals surface area contributed by atoms with Crippen molar-refractivity contribution in [3.05, 3.63) is 18.0 Å². The van der Waals surface area contributed by atoms with E-state index in [0.717, 1.165) is 0 Å². The summed E-state index contributed by atoms with van der Waals surface area (Å²) in [4.78, 5) is 7.69. The van der Waals surface area contributed by atoms with Crippen LogP contribution in [-0.2, 0) is 21.2 Å². The van der Waals surface area contributed by atoms with Crippen LogP contribution in [0.1, 0.15) is 25.5 Å². The average Bonchev–Trinajstić information content (AvgIpc) is 2.38. The number of ether oxygens (including phenoxy) is 1. The summed E-state index contributed by atoms with van der Waals surface area (Å²) < 4.78 is 29.9. The van der Waals surface area contributed by atoms with Crippen molar-refractivity contribution < 1.29 is 18.3 Å². The number of aliphatic hydroxyl groups is 1. The zero-order valence-corrected chi connectivity index (χ0v) is 11.7. The van der Waals surface area contributed by atoms with Gasteiger partial charge in [0.15, 0.2) is 0 Å². The number of aliphatic hydroxyl groups excluding tert-OH is 1. The van der Waals surface area contributed by atoms with E-state index >= 15 is 0 Å². The largest absolute Gasteiger partial charge is 0.390 e. The summed E-state index contributed by atoms with van der Waals surface area (Å²) in [5, 5.41) is 8.80. The van der Waals surface area contributed by atoms with E-state index in [1.54, 1.807) is 0 Å². The molecule has 0 amide bonds. The van der Waals surface area contributed by atoms with E-state index in [1.807, 2.05) is 6.92 Å². The van der Waals surface area contributed by atoms with Gasteiger partial charge >= 0.3 is 0 Å². The maximum atomic E-state index is 12.3. The first kappa shape index (κ1) is 14.4. The predicted octanol–water partition coefficient (Wildman–Crippen LogP) is 0.559. The zero-order chi connectivity index (χ0) is 13.9. The summed E-state index contributed by atoms with van der Waals surface area (Å²) in [6, 6.07) is 1.50. The van der Waals surface area contributed by atoms with E-state index in [-0.39, 0.29) is 22.9 Å². The summed E-state index contributed by atoms with van der Waals surface area (Å²) in [6.45, 7) is 2.83. The molecule has 1 aliphatic rings. The van der Waals surface area contributed by atoms with Gasteiger partial charge in [-0.3, -0.25) is 0 Å². The van der Waals surface area contributed by atoms with Crippen molar-refractivity contribution >= 4 is 9.84 Å². The third-order valence-corrected chi connectivity index (χ3v) is 5.20. The van der Waals surface area contributed by atoms with Gasteiger partial charge in [0.05, 0.1) is 18.1 Å². The summed E-state index contributed by atoms with van der Waals surface area (Å²) >= 11 is 0. The van der Waals surface area contributed by atoms with E-state index in [9.17, 15) is 8.42 Å². The van der Waals surface area contributed by atoms with Gasteiger partial charge < -0.3 is 9.84 Å². The molecule has 1 aromatic heterocycles. The minimum atomic E-state index is -3.54. The Bertz CT molecular complexity index is 538. The molecule has 2 heterocycles. The Morgan fingerprint density at radius 2 is 2.11 bits per heavy atom. The molecule has 19 heavy (non-hydrogen) atoms. The van der Waals surface area contributed by atoms with Crippen molar-refractivity contribution in [3.63, 3.8) is 0 Å². The van der Waals surface area contributed by atoms with E-state index in [2.05, 4.69) is 9.97 Å². The first-order valence-electron chi connectivity index (χ1n) is 6.18. The molecule has 0 aromatic carbocycles. The van der Waals surface area contributed by atoms with Gasteiger partial charge in [0.2, 0.25) is 15.0 Å². The fourth-order valence-corrected chi connectivity index (χ4v) is 3.96. The fraction of sp³-hybridized carbons (Fsp3) is 0.667. The highest BCUT2D eigenvalue weighted by atomic mass is 32.2. The van der Waals surface area contributed by atoms with Gasteiger partial charge in [-0.25, -0.2) is 18.4 Å². The molecular weight excluding hydrogens is 268 g/mol. The lowest BCUT2D eigenvalue weighted by Gasteiger charge is -2.32. The Balaban J connectivity index is 2.21. The molecule has 0 bridgehead atoms. The lowest BCUT2D eigenvalue weighted by molar-refractivity contribution is 0.0341. The quantitative estimate of drug-likeness (QED) is 0.813. The van der Waals surface area contributed by atoms with E-state index in [0.29, 0.717) is 31.7 Å². The standard InChI is InChI=1S/C12H18N2O4S/c1-12(3-6-18-7-4-12)9-19(16,17)11-13-5-2-10(8-15)14-11/h2,5,15H,3-4,6-9H2,1H3. The first-order chi connectivity index (χ1) is 8.95. The third kappa shape index (κ3) is 3.49. The number of nitrogens with zero attached hydrogens (tertiary/aromatic N) is 2. The smallest absolute Gasteiger partial charge is 0.247 e. The van der Waals surface area contributed by atoms with Crippen molar-refractivity contribution in [1.82, 2.24) is 9.97 Å². The van der Waals surface area contributed by atoms with E-state index in [4.69, 9.17) is 9.84 Å². The topological polar surface area (TPSA) is 89.4 Å². The van der Waals surface area contributed by atoms with Crippen LogP contribution in [0.15, 0.2) is 17.4 Å². The van der Waals surface area contributed by atoms with Crippen LogP contribution in [-0.4, -0.2) is 42.5 Å². The van der Waals surface area contributed by atoms with Gasteiger partial charge in [0, 0.05) is 19.4 Å². The van der Waals surface area contributed by atoms with Crippen LogP contribution in [0, 0.1) is 5.41 Å². The first-order valence-corrected chi connectivity index (χ1v) is 7.84. The monoisotopic (exact) mass is 286 g/mol. The number of rotatable bonds is 4. The van der Waals surface area contributed by atoms with Gasteiger partial charge in [-0.15, -0.1) is 0 Å². The predicted molar refractivity (Wildman–Crippen MR) is 68.2 cm³/mol. The second kappa shape index (κ2) is 5.52. The van der Waals surface area contributed by atoms with Crippen LogP contribution < -0.4 is 0 Å². The van der Waals surface area contributed by atoms with Gasteiger partial charge in [-0.05, 0) is 24.3 Å². The average molecular weight is 286 g/mol. The molecule has 0 saturated carbocycles. The van der Waals surface area contributed by atoms with Crippen LogP contribution >= 0.6 is 0 Å².